The van der Waals surface area contributed by atoms with Gasteiger partial charge >= 0.3 is 0 Å². The minimum absolute atomic E-state index is 0.257. The maximum atomic E-state index is 10.3. The van der Waals surface area contributed by atoms with Crippen LogP contribution in [-0.2, 0) is 16.1 Å². The number of hydrogen-bond donors (Lipinski definition) is 1. The average molecular weight is 180 g/mol. The first-order valence-corrected chi connectivity index (χ1v) is 4.05. The Morgan fingerprint density at radius 3 is 3.00 bits per heavy atom. The highest BCUT2D eigenvalue weighted by Crippen LogP contribution is 1.96. The van der Waals surface area contributed by atoms with Gasteiger partial charge in [-0.1, -0.05) is 6.07 Å². The Balaban J connectivity index is 2.17. The van der Waals surface area contributed by atoms with Gasteiger partial charge in [0.05, 0.1) is 18.9 Å². The lowest BCUT2D eigenvalue weighted by atomic mass is 10.4. The zero-order valence-corrected chi connectivity index (χ0v) is 7.27. The van der Waals surface area contributed by atoms with Crippen molar-refractivity contribution >= 4 is 5.91 Å². The fourth-order valence-corrected chi connectivity index (χ4v) is 0.833. The van der Waals surface area contributed by atoms with E-state index < -0.39 is 0 Å². The Morgan fingerprint density at radius 2 is 2.38 bits per heavy atom. The van der Waals surface area contributed by atoms with Crippen molar-refractivity contribution in [1.82, 2.24) is 4.98 Å². The molecule has 0 saturated carbocycles. The number of nitrogens with two attached hydrogens (primary N) is 1. The second-order valence-corrected chi connectivity index (χ2v) is 2.59. The lowest BCUT2D eigenvalue weighted by Crippen LogP contribution is -2.13. The van der Waals surface area contributed by atoms with Gasteiger partial charge in [0, 0.05) is 12.6 Å². The number of nitrogens with zero attached hydrogens (tertiary/aromatic N) is 1. The molecule has 0 atom stereocenters. The smallest absolute Gasteiger partial charge is 0.219 e. The molecule has 70 valence electrons. The van der Waals surface area contributed by atoms with Crippen molar-refractivity contribution in [3.8, 4) is 0 Å². The van der Waals surface area contributed by atoms with E-state index >= 15 is 0 Å². The van der Waals surface area contributed by atoms with Crippen LogP contribution in [0.15, 0.2) is 24.4 Å². The predicted molar refractivity (Wildman–Crippen MR) is 47.7 cm³/mol. The van der Waals surface area contributed by atoms with Crippen LogP contribution >= 0.6 is 0 Å². The third-order valence-corrected chi connectivity index (χ3v) is 1.47. The van der Waals surface area contributed by atoms with Crippen LogP contribution in [0, 0.1) is 0 Å². The molecule has 0 unspecified atom stereocenters. The van der Waals surface area contributed by atoms with Crippen molar-refractivity contribution in [2.24, 2.45) is 5.73 Å². The van der Waals surface area contributed by atoms with E-state index in [0.29, 0.717) is 13.2 Å². The minimum Gasteiger partial charge on any atom is -0.375 e. The number of rotatable bonds is 5. The summed E-state index contributed by atoms with van der Waals surface area (Å²) < 4.78 is 5.17. The largest absolute Gasteiger partial charge is 0.375 e. The van der Waals surface area contributed by atoms with Gasteiger partial charge in [0.1, 0.15) is 0 Å². The van der Waals surface area contributed by atoms with Gasteiger partial charge in [0.2, 0.25) is 5.91 Å². The summed E-state index contributed by atoms with van der Waals surface area (Å²) in [5.41, 5.74) is 5.79. The van der Waals surface area contributed by atoms with Crippen LogP contribution in [0.3, 0.4) is 0 Å². The molecule has 0 radical (unpaired) electrons. The second-order valence-electron chi connectivity index (χ2n) is 2.59. The van der Waals surface area contributed by atoms with Crippen LogP contribution in [0.1, 0.15) is 12.1 Å². The summed E-state index contributed by atoms with van der Waals surface area (Å²) in [5.74, 6) is -0.346. The molecule has 1 rings (SSSR count). The third kappa shape index (κ3) is 4.22. The Kier molecular flexibility index (Phi) is 3.92. The maximum Gasteiger partial charge on any atom is 0.219 e. The van der Waals surface area contributed by atoms with Crippen molar-refractivity contribution in [3.05, 3.63) is 30.1 Å². The van der Waals surface area contributed by atoms with Gasteiger partial charge in [0.15, 0.2) is 0 Å². The van der Waals surface area contributed by atoms with Crippen molar-refractivity contribution in [2.75, 3.05) is 6.61 Å². The van der Waals surface area contributed by atoms with Crippen LogP contribution in [0.5, 0.6) is 0 Å². The molecule has 13 heavy (non-hydrogen) atoms. The van der Waals surface area contributed by atoms with Gasteiger partial charge in [-0.3, -0.25) is 9.78 Å². The number of ether oxygens (including phenoxy) is 1. The lowest BCUT2D eigenvalue weighted by molar-refractivity contribution is -0.119. The summed E-state index contributed by atoms with van der Waals surface area (Å²) in [5, 5.41) is 0. The second kappa shape index (κ2) is 5.27. The average Bonchev–Trinajstić information content (AvgIpc) is 2.14. The van der Waals surface area contributed by atoms with Crippen molar-refractivity contribution in [3.63, 3.8) is 0 Å². The zero-order chi connectivity index (χ0) is 9.52. The minimum atomic E-state index is -0.346. The molecule has 0 bridgehead atoms. The molecule has 0 aliphatic heterocycles. The van der Waals surface area contributed by atoms with Gasteiger partial charge in [-0.25, -0.2) is 0 Å². The summed E-state index contributed by atoms with van der Waals surface area (Å²) in [4.78, 5) is 14.4. The van der Waals surface area contributed by atoms with Crippen LogP contribution in [0.4, 0.5) is 0 Å². The van der Waals surface area contributed by atoms with E-state index in [2.05, 4.69) is 4.98 Å². The van der Waals surface area contributed by atoms with E-state index in [9.17, 15) is 4.79 Å². The van der Waals surface area contributed by atoms with E-state index in [1.165, 1.54) is 0 Å². The van der Waals surface area contributed by atoms with Crippen LogP contribution < -0.4 is 5.73 Å². The number of amides is 1. The Labute approximate surface area is 76.7 Å². The molecule has 0 spiro atoms. The highest BCUT2D eigenvalue weighted by atomic mass is 16.5. The predicted octanol–water partition coefficient (Wildman–Crippen LogP) is 0.474. The van der Waals surface area contributed by atoms with Crippen LogP contribution in [0.2, 0.25) is 0 Å². The molecule has 0 fully saturated rings. The number of primary amides is 1. The van der Waals surface area contributed by atoms with Crippen molar-refractivity contribution in [2.45, 2.75) is 13.0 Å². The summed E-state index contributed by atoms with van der Waals surface area (Å²) in [6.07, 6.45) is 1.96. The first-order chi connectivity index (χ1) is 6.29. The van der Waals surface area contributed by atoms with E-state index in [-0.39, 0.29) is 12.3 Å². The standard InChI is InChI=1S/C9H12N2O2/c10-9(12)4-6-13-7-8-3-1-2-5-11-8/h1-3,5H,4,6-7H2,(H2,10,12). The van der Waals surface area contributed by atoms with Crippen molar-refractivity contribution < 1.29 is 9.53 Å². The Bertz CT molecular complexity index is 262. The highest BCUT2D eigenvalue weighted by Gasteiger charge is 1.95. The monoisotopic (exact) mass is 180 g/mol. The van der Waals surface area contributed by atoms with Crippen LogP contribution in [-0.4, -0.2) is 17.5 Å². The van der Waals surface area contributed by atoms with E-state index in [0.717, 1.165) is 5.69 Å². The molecule has 0 aliphatic rings. The van der Waals surface area contributed by atoms with Crippen molar-refractivity contribution in [1.29, 1.82) is 0 Å². The summed E-state index contributed by atoms with van der Waals surface area (Å²) in [7, 11) is 0. The molecule has 4 nitrogen and oxygen atoms in total. The SMILES string of the molecule is NC(=O)CCOCc1ccccn1. The molecule has 0 saturated heterocycles. The van der Waals surface area contributed by atoms with Gasteiger partial charge < -0.3 is 10.5 Å². The van der Waals surface area contributed by atoms with E-state index in [1.54, 1.807) is 6.20 Å². The molecule has 1 amide bonds. The maximum absolute atomic E-state index is 10.3. The summed E-state index contributed by atoms with van der Waals surface area (Å²) in [6, 6.07) is 5.59. The summed E-state index contributed by atoms with van der Waals surface area (Å²) >= 11 is 0. The number of pyridine rings is 1. The molecular weight excluding hydrogens is 168 g/mol. The van der Waals surface area contributed by atoms with Gasteiger partial charge in [0.25, 0.3) is 0 Å². The quantitative estimate of drug-likeness (QED) is 0.670. The fourth-order valence-electron chi connectivity index (χ4n) is 0.833. The Hall–Kier alpha value is -1.42. The molecule has 1 heterocycles. The normalized spacial score (nSPS) is 9.85. The van der Waals surface area contributed by atoms with E-state index in [4.69, 9.17) is 10.5 Å². The first-order valence-electron chi connectivity index (χ1n) is 4.05. The van der Waals surface area contributed by atoms with Crippen LogP contribution in [0.25, 0.3) is 0 Å². The zero-order valence-electron chi connectivity index (χ0n) is 7.27. The number of carbonyl (C=O) groups excluding carboxylic acids is 1. The number of aromatic nitrogens is 1. The molecule has 0 aliphatic carbocycles. The lowest BCUT2D eigenvalue weighted by Gasteiger charge is -2.00. The highest BCUT2D eigenvalue weighted by molar-refractivity contribution is 5.73. The van der Waals surface area contributed by atoms with Gasteiger partial charge in [-0.05, 0) is 12.1 Å². The molecule has 0 aromatic carbocycles. The molecule has 2 N–H and O–H groups in total. The first kappa shape index (κ1) is 9.67. The topological polar surface area (TPSA) is 65.2 Å². The molecule has 1 aromatic heterocycles. The molecule has 4 heteroatoms. The summed E-state index contributed by atoms with van der Waals surface area (Å²) in [6.45, 7) is 0.778. The molecule has 1 aromatic rings. The Morgan fingerprint density at radius 1 is 1.54 bits per heavy atom. The number of hydrogen-bond acceptors (Lipinski definition) is 3. The van der Waals surface area contributed by atoms with Gasteiger partial charge in [-0.15, -0.1) is 0 Å². The molecular formula is C9H12N2O2. The van der Waals surface area contributed by atoms with Gasteiger partial charge in [-0.2, -0.15) is 0 Å². The van der Waals surface area contributed by atoms with E-state index in [1.807, 2.05) is 18.2 Å². The fraction of sp³-hybridized carbons (Fsp3) is 0.333. The third-order valence-electron chi connectivity index (χ3n) is 1.47. The number of carbonyl (C=O) groups is 1.